The molecule has 116 valence electrons. The Morgan fingerprint density at radius 3 is 2.64 bits per heavy atom. The van der Waals surface area contributed by atoms with E-state index in [1.807, 2.05) is 68.4 Å². The maximum absolute atomic E-state index is 11.9. The minimum Gasteiger partial charge on any atom is -0.494 e. The normalized spacial score (nSPS) is 11.7. The number of carbonyl (C=O) groups is 1. The van der Waals surface area contributed by atoms with E-state index in [1.165, 1.54) is 5.56 Å². The third kappa shape index (κ3) is 5.24. The summed E-state index contributed by atoms with van der Waals surface area (Å²) < 4.78 is 5.65. The smallest absolute Gasteiger partial charge is 0.220 e. The van der Waals surface area contributed by atoms with E-state index in [1.54, 1.807) is 0 Å². The molecule has 1 atom stereocenters. The fourth-order valence-corrected chi connectivity index (χ4v) is 2.27. The van der Waals surface area contributed by atoms with Crippen LogP contribution in [0.3, 0.4) is 0 Å². The van der Waals surface area contributed by atoms with E-state index in [-0.39, 0.29) is 11.9 Å². The first-order valence-corrected chi connectivity index (χ1v) is 7.69. The van der Waals surface area contributed by atoms with Crippen LogP contribution in [0.1, 0.15) is 36.9 Å². The molecule has 2 aromatic rings. The second-order valence-electron chi connectivity index (χ2n) is 5.47. The van der Waals surface area contributed by atoms with Crippen LogP contribution < -0.4 is 10.1 Å². The molecular weight excluding hydrogens is 274 g/mol. The van der Waals surface area contributed by atoms with Crippen molar-refractivity contribution in [3.63, 3.8) is 0 Å². The van der Waals surface area contributed by atoms with Crippen LogP contribution in [0.5, 0.6) is 5.75 Å². The zero-order chi connectivity index (χ0) is 15.8. The zero-order valence-electron chi connectivity index (χ0n) is 13.2. The van der Waals surface area contributed by atoms with Crippen LogP contribution in [0.15, 0.2) is 54.6 Å². The Labute approximate surface area is 132 Å². The Morgan fingerprint density at radius 2 is 1.91 bits per heavy atom. The first-order valence-electron chi connectivity index (χ1n) is 7.69. The Morgan fingerprint density at radius 1 is 1.14 bits per heavy atom. The first kappa shape index (κ1) is 16.1. The van der Waals surface area contributed by atoms with E-state index in [0.29, 0.717) is 19.4 Å². The van der Waals surface area contributed by atoms with Gasteiger partial charge in [0.2, 0.25) is 5.91 Å². The summed E-state index contributed by atoms with van der Waals surface area (Å²) in [5.74, 6) is 0.919. The summed E-state index contributed by atoms with van der Waals surface area (Å²) in [5.41, 5.74) is 2.29. The number of aryl methyl sites for hydroxylation is 1. The summed E-state index contributed by atoms with van der Waals surface area (Å²) in [6.07, 6.45) is 1.18. The molecule has 0 fully saturated rings. The molecule has 3 nitrogen and oxygen atoms in total. The second-order valence-corrected chi connectivity index (χ2v) is 5.47. The Balaban J connectivity index is 1.68. The van der Waals surface area contributed by atoms with E-state index < -0.39 is 0 Å². The number of ether oxygens (including phenoxy) is 1. The van der Waals surface area contributed by atoms with Gasteiger partial charge < -0.3 is 10.1 Å². The molecule has 0 spiro atoms. The van der Waals surface area contributed by atoms with Gasteiger partial charge in [-0.05, 0) is 43.5 Å². The van der Waals surface area contributed by atoms with E-state index >= 15 is 0 Å². The number of benzene rings is 2. The lowest BCUT2D eigenvalue weighted by molar-refractivity contribution is -0.121. The van der Waals surface area contributed by atoms with Crippen molar-refractivity contribution in [3.05, 3.63) is 65.7 Å². The molecule has 22 heavy (non-hydrogen) atoms. The van der Waals surface area contributed by atoms with Gasteiger partial charge in [0, 0.05) is 6.42 Å². The first-order chi connectivity index (χ1) is 10.6. The van der Waals surface area contributed by atoms with E-state index in [2.05, 4.69) is 5.32 Å². The van der Waals surface area contributed by atoms with Crippen LogP contribution in [-0.2, 0) is 4.79 Å². The third-order valence-electron chi connectivity index (χ3n) is 3.48. The van der Waals surface area contributed by atoms with E-state index in [4.69, 9.17) is 4.74 Å². The van der Waals surface area contributed by atoms with Gasteiger partial charge in [-0.3, -0.25) is 4.79 Å². The number of rotatable bonds is 7. The molecule has 3 heteroatoms. The Kier molecular flexibility index (Phi) is 6.01. The van der Waals surface area contributed by atoms with Gasteiger partial charge in [-0.25, -0.2) is 0 Å². The lowest BCUT2D eigenvalue weighted by Crippen LogP contribution is -2.26. The highest BCUT2D eigenvalue weighted by atomic mass is 16.5. The molecule has 0 bridgehead atoms. The number of nitrogens with one attached hydrogen (secondary N) is 1. The standard InChI is InChI=1S/C19H23NO2/c1-15-8-6-11-18(14-15)22-13-7-12-19(21)20-16(2)17-9-4-3-5-10-17/h3-6,8-11,14,16H,7,12-13H2,1-2H3,(H,20,21)/t16-/m0/s1. The molecule has 2 rings (SSSR count). The topological polar surface area (TPSA) is 38.3 Å². The third-order valence-corrected chi connectivity index (χ3v) is 3.48. The summed E-state index contributed by atoms with van der Waals surface area (Å²) in [5, 5.41) is 3.01. The summed E-state index contributed by atoms with van der Waals surface area (Å²) >= 11 is 0. The average Bonchev–Trinajstić information content (AvgIpc) is 2.52. The van der Waals surface area contributed by atoms with Gasteiger partial charge in [0.25, 0.3) is 0 Å². The highest BCUT2D eigenvalue weighted by molar-refractivity contribution is 5.76. The molecule has 0 saturated heterocycles. The molecule has 1 N–H and O–H groups in total. The number of amides is 1. The Hall–Kier alpha value is -2.29. The van der Waals surface area contributed by atoms with Crippen molar-refractivity contribution in [2.75, 3.05) is 6.61 Å². The summed E-state index contributed by atoms with van der Waals surface area (Å²) in [6.45, 7) is 4.58. The lowest BCUT2D eigenvalue weighted by atomic mass is 10.1. The summed E-state index contributed by atoms with van der Waals surface area (Å²) in [6, 6.07) is 17.9. The van der Waals surface area contributed by atoms with Gasteiger partial charge in [-0.15, -0.1) is 0 Å². The van der Waals surface area contributed by atoms with Crippen LogP contribution in [0.2, 0.25) is 0 Å². The molecule has 0 radical (unpaired) electrons. The maximum Gasteiger partial charge on any atom is 0.220 e. The van der Waals surface area contributed by atoms with Crippen molar-refractivity contribution < 1.29 is 9.53 Å². The molecule has 1 amide bonds. The predicted molar refractivity (Wildman–Crippen MR) is 88.9 cm³/mol. The lowest BCUT2D eigenvalue weighted by Gasteiger charge is -2.14. The molecule has 0 saturated carbocycles. The van der Waals surface area contributed by atoms with Crippen LogP contribution >= 0.6 is 0 Å². The fraction of sp³-hybridized carbons (Fsp3) is 0.316. The highest BCUT2D eigenvalue weighted by Gasteiger charge is 2.08. The van der Waals surface area contributed by atoms with Crippen molar-refractivity contribution >= 4 is 5.91 Å². The van der Waals surface area contributed by atoms with Crippen LogP contribution in [0, 0.1) is 6.92 Å². The van der Waals surface area contributed by atoms with Crippen molar-refractivity contribution in [2.45, 2.75) is 32.7 Å². The molecule has 0 aliphatic heterocycles. The monoisotopic (exact) mass is 297 g/mol. The predicted octanol–water partition coefficient (Wildman–Crippen LogP) is 4.03. The van der Waals surface area contributed by atoms with Gasteiger partial charge in [0.05, 0.1) is 12.6 Å². The largest absolute Gasteiger partial charge is 0.494 e. The molecule has 0 aliphatic rings. The maximum atomic E-state index is 11.9. The zero-order valence-corrected chi connectivity index (χ0v) is 13.2. The Bertz CT molecular complexity index is 595. The number of hydrogen-bond donors (Lipinski definition) is 1. The van der Waals surface area contributed by atoms with E-state index in [9.17, 15) is 4.79 Å². The summed E-state index contributed by atoms with van der Waals surface area (Å²) in [7, 11) is 0. The SMILES string of the molecule is Cc1cccc(OCCCC(=O)N[C@@H](C)c2ccccc2)c1. The quantitative estimate of drug-likeness (QED) is 0.784. The van der Waals surface area contributed by atoms with Crippen LogP contribution in [-0.4, -0.2) is 12.5 Å². The molecule has 0 aliphatic carbocycles. The van der Waals surface area contributed by atoms with Gasteiger partial charge in [-0.1, -0.05) is 42.5 Å². The second kappa shape index (κ2) is 8.23. The van der Waals surface area contributed by atoms with Gasteiger partial charge in [-0.2, -0.15) is 0 Å². The molecule has 0 heterocycles. The van der Waals surface area contributed by atoms with Crippen molar-refractivity contribution in [1.29, 1.82) is 0 Å². The summed E-state index contributed by atoms with van der Waals surface area (Å²) in [4.78, 5) is 11.9. The molecule has 0 unspecified atom stereocenters. The van der Waals surface area contributed by atoms with Gasteiger partial charge in [0.15, 0.2) is 0 Å². The van der Waals surface area contributed by atoms with Gasteiger partial charge in [0.1, 0.15) is 5.75 Å². The number of carbonyl (C=O) groups excluding carboxylic acids is 1. The van der Waals surface area contributed by atoms with Crippen LogP contribution in [0.25, 0.3) is 0 Å². The molecule has 2 aromatic carbocycles. The van der Waals surface area contributed by atoms with Crippen LogP contribution in [0.4, 0.5) is 0 Å². The average molecular weight is 297 g/mol. The fourth-order valence-electron chi connectivity index (χ4n) is 2.27. The minimum atomic E-state index is 0.0337. The molecular formula is C19H23NO2. The van der Waals surface area contributed by atoms with E-state index in [0.717, 1.165) is 11.3 Å². The van der Waals surface area contributed by atoms with Gasteiger partial charge >= 0.3 is 0 Å². The highest BCUT2D eigenvalue weighted by Crippen LogP contribution is 2.13. The van der Waals surface area contributed by atoms with Crippen molar-refractivity contribution in [1.82, 2.24) is 5.32 Å². The van der Waals surface area contributed by atoms with Crippen molar-refractivity contribution in [3.8, 4) is 5.75 Å². The minimum absolute atomic E-state index is 0.0337. The van der Waals surface area contributed by atoms with Crippen molar-refractivity contribution in [2.24, 2.45) is 0 Å². The molecule has 0 aromatic heterocycles. The number of hydrogen-bond acceptors (Lipinski definition) is 2.